The van der Waals surface area contributed by atoms with Gasteiger partial charge in [0.1, 0.15) is 5.69 Å². The molecule has 6 heteroatoms. The lowest BCUT2D eigenvalue weighted by atomic mass is 9.97. The second-order valence-electron chi connectivity index (χ2n) is 5.00. The molecule has 0 aliphatic carbocycles. The predicted molar refractivity (Wildman–Crippen MR) is 71.5 cm³/mol. The van der Waals surface area contributed by atoms with Crippen molar-refractivity contribution < 1.29 is 19.4 Å². The van der Waals surface area contributed by atoms with Gasteiger partial charge in [0.25, 0.3) is 5.91 Å². The number of aliphatic carboxylic acids is 1. The Balaban J connectivity index is 2.38. The topological polar surface area (TPSA) is 79.7 Å². The highest BCUT2D eigenvalue weighted by molar-refractivity contribution is 5.98. The molecular weight excluding hydrogens is 260 g/mol. The number of carboxylic acid groups (broad SMARTS) is 1. The average Bonchev–Trinajstić information content (AvgIpc) is 2.84. The standard InChI is InChI=1S/C14H18N2O4/c1-10-5-3-7-15-11(10)12(17)16-8-4-6-14(16,9-20-2)13(18)19/h3,5,7H,4,6,8-9H2,1-2H3,(H,18,19). The van der Waals surface area contributed by atoms with Crippen molar-refractivity contribution >= 4 is 11.9 Å². The fraction of sp³-hybridized carbons (Fsp3) is 0.500. The lowest BCUT2D eigenvalue weighted by Crippen LogP contribution is -2.56. The molecule has 1 aromatic rings. The molecule has 1 saturated heterocycles. The molecule has 0 spiro atoms. The zero-order chi connectivity index (χ0) is 14.8. The molecule has 108 valence electrons. The van der Waals surface area contributed by atoms with Crippen LogP contribution in [0.25, 0.3) is 0 Å². The highest BCUT2D eigenvalue weighted by Crippen LogP contribution is 2.31. The lowest BCUT2D eigenvalue weighted by Gasteiger charge is -2.34. The fourth-order valence-electron chi connectivity index (χ4n) is 2.68. The Morgan fingerprint density at radius 3 is 2.90 bits per heavy atom. The second-order valence-corrected chi connectivity index (χ2v) is 5.00. The Morgan fingerprint density at radius 1 is 1.55 bits per heavy atom. The number of ether oxygens (including phenoxy) is 1. The van der Waals surface area contributed by atoms with Crippen molar-refractivity contribution in [2.75, 3.05) is 20.3 Å². The van der Waals surface area contributed by atoms with Crippen LogP contribution in [0.2, 0.25) is 0 Å². The van der Waals surface area contributed by atoms with E-state index in [1.54, 1.807) is 19.1 Å². The minimum atomic E-state index is -1.28. The van der Waals surface area contributed by atoms with Gasteiger partial charge < -0.3 is 14.7 Å². The van der Waals surface area contributed by atoms with Crippen molar-refractivity contribution in [1.82, 2.24) is 9.88 Å². The first-order valence-corrected chi connectivity index (χ1v) is 6.49. The Labute approximate surface area is 117 Å². The van der Waals surface area contributed by atoms with E-state index in [0.29, 0.717) is 25.1 Å². The second kappa shape index (κ2) is 5.58. The molecule has 1 amide bonds. The third kappa shape index (κ3) is 2.27. The molecule has 1 atom stereocenters. The number of hydrogen-bond donors (Lipinski definition) is 1. The number of methoxy groups -OCH3 is 1. The molecule has 0 saturated carbocycles. The molecule has 0 bridgehead atoms. The zero-order valence-electron chi connectivity index (χ0n) is 11.6. The molecule has 1 aromatic heterocycles. The van der Waals surface area contributed by atoms with Gasteiger partial charge in [0, 0.05) is 19.9 Å². The highest BCUT2D eigenvalue weighted by Gasteiger charge is 2.50. The molecule has 1 unspecified atom stereocenters. The van der Waals surface area contributed by atoms with Gasteiger partial charge in [-0.2, -0.15) is 0 Å². The minimum absolute atomic E-state index is 0.0139. The van der Waals surface area contributed by atoms with E-state index >= 15 is 0 Å². The summed E-state index contributed by atoms with van der Waals surface area (Å²) in [4.78, 5) is 29.7. The number of rotatable bonds is 4. The van der Waals surface area contributed by atoms with E-state index in [9.17, 15) is 14.7 Å². The summed E-state index contributed by atoms with van der Waals surface area (Å²) in [5.41, 5.74) is -0.243. The summed E-state index contributed by atoms with van der Waals surface area (Å²) >= 11 is 0. The van der Waals surface area contributed by atoms with Gasteiger partial charge in [0.2, 0.25) is 0 Å². The molecule has 1 aliphatic rings. The van der Waals surface area contributed by atoms with E-state index < -0.39 is 11.5 Å². The van der Waals surface area contributed by atoms with Gasteiger partial charge in [-0.3, -0.25) is 9.78 Å². The number of amides is 1. The molecule has 1 aliphatic heterocycles. The molecular formula is C14H18N2O4. The van der Waals surface area contributed by atoms with E-state index in [-0.39, 0.29) is 12.5 Å². The number of carbonyl (C=O) groups is 2. The Morgan fingerprint density at radius 2 is 2.30 bits per heavy atom. The van der Waals surface area contributed by atoms with Crippen LogP contribution in [0.4, 0.5) is 0 Å². The number of likely N-dealkylation sites (tertiary alicyclic amines) is 1. The minimum Gasteiger partial charge on any atom is -0.479 e. The van der Waals surface area contributed by atoms with Gasteiger partial charge in [-0.1, -0.05) is 6.07 Å². The van der Waals surface area contributed by atoms with Crippen LogP contribution < -0.4 is 0 Å². The van der Waals surface area contributed by atoms with Crippen LogP contribution in [0.3, 0.4) is 0 Å². The first kappa shape index (κ1) is 14.5. The van der Waals surface area contributed by atoms with Crippen molar-refractivity contribution in [2.24, 2.45) is 0 Å². The largest absolute Gasteiger partial charge is 0.479 e. The van der Waals surface area contributed by atoms with E-state index in [4.69, 9.17) is 4.74 Å². The summed E-state index contributed by atoms with van der Waals surface area (Å²) in [6.07, 6.45) is 2.58. The first-order chi connectivity index (χ1) is 9.53. The first-order valence-electron chi connectivity index (χ1n) is 6.49. The van der Waals surface area contributed by atoms with Crippen LogP contribution in [-0.2, 0) is 9.53 Å². The SMILES string of the molecule is COCC1(C(=O)O)CCCN1C(=O)c1ncccc1C. The molecule has 2 heterocycles. The molecule has 0 radical (unpaired) electrons. The zero-order valence-corrected chi connectivity index (χ0v) is 11.6. The Bertz CT molecular complexity index is 532. The number of hydrogen-bond acceptors (Lipinski definition) is 4. The average molecular weight is 278 g/mol. The summed E-state index contributed by atoms with van der Waals surface area (Å²) < 4.78 is 5.04. The molecule has 20 heavy (non-hydrogen) atoms. The predicted octanol–water partition coefficient (Wildman–Crippen LogP) is 1.10. The fourth-order valence-corrected chi connectivity index (χ4v) is 2.68. The van der Waals surface area contributed by atoms with Crippen LogP contribution in [0.5, 0.6) is 0 Å². The van der Waals surface area contributed by atoms with Crippen molar-refractivity contribution in [3.8, 4) is 0 Å². The molecule has 0 aromatic carbocycles. The van der Waals surface area contributed by atoms with Crippen molar-refractivity contribution in [3.05, 3.63) is 29.6 Å². The van der Waals surface area contributed by atoms with Crippen LogP contribution in [0, 0.1) is 6.92 Å². The van der Waals surface area contributed by atoms with Gasteiger partial charge in [0.15, 0.2) is 5.54 Å². The summed E-state index contributed by atoms with van der Waals surface area (Å²) in [5.74, 6) is -1.38. The number of aryl methyl sites for hydroxylation is 1. The quantitative estimate of drug-likeness (QED) is 0.892. The smallest absolute Gasteiger partial charge is 0.332 e. The lowest BCUT2D eigenvalue weighted by molar-refractivity contribution is -0.151. The number of pyridine rings is 1. The van der Waals surface area contributed by atoms with E-state index in [2.05, 4.69) is 4.98 Å². The van der Waals surface area contributed by atoms with Crippen molar-refractivity contribution in [2.45, 2.75) is 25.3 Å². The summed E-state index contributed by atoms with van der Waals surface area (Å²) in [5, 5.41) is 9.54. The van der Waals surface area contributed by atoms with E-state index in [0.717, 1.165) is 5.56 Å². The normalized spacial score (nSPS) is 22.0. The van der Waals surface area contributed by atoms with Gasteiger partial charge in [0.05, 0.1) is 6.61 Å². The maximum absolute atomic E-state index is 12.6. The van der Waals surface area contributed by atoms with Gasteiger partial charge in [-0.05, 0) is 31.4 Å². The highest BCUT2D eigenvalue weighted by atomic mass is 16.5. The molecule has 1 fully saturated rings. The third-order valence-electron chi connectivity index (χ3n) is 3.73. The summed E-state index contributed by atoms with van der Waals surface area (Å²) in [6, 6.07) is 3.53. The number of carboxylic acids is 1. The maximum atomic E-state index is 12.6. The van der Waals surface area contributed by atoms with E-state index in [1.165, 1.54) is 18.2 Å². The number of nitrogens with zero attached hydrogens (tertiary/aromatic N) is 2. The number of aromatic nitrogens is 1. The monoisotopic (exact) mass is 278 g/mol. The Hall–Kier alpha value is -1.95. The van der Waals surface area contributed by atoms with Crippen molar-refractivity contribution in [1.29, 1.82) is 0 Å². The maximum Gasteiger partial charge on any atom is 0.332 e. The van der Waals surface area contributed by atoms with Crippen LogP contribution in [0.15, 0.2) is 18.3 Å². The van der Waals surface area contributed by atoms with Crippen LogP contribution >= 0.6 is 0 Å². The van der Waals surface area contributed by atoms with Gasteiger partial charge in [-0.15, -0.1) is 0 Å². The molecule has 6 nitrogen and oxygen atoms in total. The molecule has 2 rings (SSSR count). The Kier molecular flexibility index (Phi) is 4.04. The third-order valence-corrected chi connectivity index (χ3v) is 3.73. The molecule has 1 N–H and O–H groups in total. The summed E-state index contributed by atoms with van der Waals surface area (Å²) in [7, 11) is 1.44. The van der Waals surface area contributed by atoms with Gasteiger partial charge in [-0.25, -0.2) is 4.79 Å². The van der Waals surface area contributed by atoms with E-state index in [1.807, 2.05) is 0 Å². The number of carbonyl (C=O) groups excluding carboxylic acids is 1. The van der Waals surface area contributed by atoms with Crippen LogP contribution in [-0.4, -0.2) is 52.7 Å². The van der Waals surface area contributed by atoms with Crippen LogP contribution in [0.1, 0.15) is 28.9 Å². The summed E-state index contributed by atoms with van der Waals surface area (Å²) in [6.45, 7) is 2.18. The van der Waals surface area contributed by atoms with Gasteiger partial charge >= 0.3 is 5.97 Å². The van der Waals surface area contributed by atoms with Crippen molar-refractivity contribution in [3.63, 3.8) is 0 Å².